The van der Waals surface area contributed by atoms with E-state index in [1.54, 1.807) is 4.90 Å². The monoisotopic (exact) mass is 445 g/mol. The first-order valence-corrected chi connectivity index (χ1v) is 11.7. The molecule has 2 aromatic carbocycles. The fourth-order valence-electron chi connectivity index (χ4n) is 3.91. The molecule has 3 rings (SSSR count). The third kappa shape index (κ3) is 7.63. The SMILES string of the molecule is CC(C)CN(CC(=O)N(Cc1ccccc1)Cc1cccn1C)C(=O)CCc1ccccc1. The molecule has 0 spiro atoms. The van der Waals surface area contributed by atoms with Gasteiger partial charge >= 0.3 is 0 Å². The molecule has 0 fully saturated rings. The van der Waals surface area contributed by atoms with Crippen LogP contribution in [0.3, 0.4) is 0 Å². The van der Waals surface area contributed by atoms with Crippen LogP contribution >= 0.6 is 0 Å². The molecule has 0 saturated heterocycles. The Morgan fingerprint density at radius 1 is 0.788 bits per heavy atom. The highest BCUT2D eigenvalue weighted by molar-refractivity contribution is 5.85. The van der Waals surface area contributed by atoms with Crippen LogP contribution in [0.2, 0.25) is 0 Å². The van der Waals surface area contributed by atoms with Gasteiger partial charge in [-0.15, -0.1) is 0 Å². The van der Waals surface area contributed by atoms with Crippen molar-refractivity contribution >= 4 is 11.8 Å². The van der Waals surface area contributed by atoms with Gasteiger partial charge in [-0.05, 0) is 35.6 Å². The topological polar surface area (TPSA) is 45.6 Å². The van der Waals surface area contributed by atoms with Gasteiger partial charge in [-0.3, -0.25) is 9.59 Å². The van der Waals surface area contributed by atoms with Crippen LogP contribution in [0.4, 0.5) is 0 Å². The summed E-state index contributed by atoms with van der Waals surface area (Å²) in [7, 11) is 1.98. The zero-order chi connectivity index (χ0) is 23.6. The molecule has 2 amide bonds. The quantitative estimate of drug-likeness (QED) is 0.431. The molecule has 1 heterocycles. The number of carbonyl (C=O) groups is 2. The molecule has 1 aromatic heterocycles. The van der Waals surface area contributed by atoms with Crippen molar-refractivity contribution in [2.75, 3.05) is 13.1 Å². The van der Waals surface area contributed by atoms with E-state index in [1.807, 2.05) is 95.5 Å². The third-order valence-electron chi connectivity index (χ3n) is 5.71. The number of aromatic nitrogens is 1. The Labute approximate surface area is 197 Å². The largest absolute Gasteiger partial charge is 0.353 e. The van der Waals surface area contributed by atoms with Crippen LogP contribution in [0.5, 0.6) is 0 Å². The zero-order valence-electron chi connectivity index (χ0n) is 20.0. The minimum Gasteiger partial charge on any atom is -0.353 e. The van der Waals surface area contributed by atoms with Gasteiger partial charge < -0.3 is 14.4 Å². The molecule has 0 N–H and O–H groups in total. The molecule has 0 aliphatic carbocycles. The summed E-state index contributed by atoms with van der Waals surface area (Å²) in [4.78, 5) is 30.2. The number of carbonyl (C=O) groups excluding carboxylic acids is 2. The molecule has 0 atom stereocenters. The summed E-state index contributed by atoms with van der Waals surface area (Å²) in [5, 5.41) is 0. The maximum atomic E-state index is 13.5. The lowest BCUT2D eigenvalue weighted by molar-refractivity contribution is -0.141. The van der Waals surface area contributed by atoms with E-state index < -0.39 is 0 Å². The molecule has 5 nitrogen and oxygen atoms in total. The molecule has 0 aliphatic rings. The van der Waals surface area contributed by atoms with E-state index >= 15 is 0 Å². The predicted octanol–water partition coefficient (Wildman–Crippen LogP) is 4.67. The van der Waals surface area contributed by atoms with Crippen molar-refractivity contribution < 1.29 is 9.59 Å². The Morgan fingerprint density at radius 3 is 2.00 bits per heavy atom. The number of rotatable bonds is 11. The van der Waals surface area contributed by atoms with Crippen LogP contribution in [0.25, 0.3) is 0 Å². The van der Waals surface area contributed by atoms with Crippen LogP contribution in [0.15, 0.2) is 79.0 Å². The van der Waals surface area contributed by atoms with Crippen molar-refractivity contribution in [2.24, 2.45) is 13.0 Å². The summed E-state index contributed by atoms with van der Waals surface area (Å²) in [6, 6.07) is 24.0. The minimum atomic E-state index is -0.0336. The first-order valence-electron chi connectivity index (χ1n) is 11.7. The Hall–Kier alpha value is -3.34. The number of aryl methyl sites for hydroxylation is 2. The summed E-state index contributed by atoms with van der Waals surface area (Å²) in [5.41, 5.74) is 3.27. The zero-order valence-corrected chi connectivity index (χ0v) is 20.0. The van der Waals surface area contributed by atoms with Crippen LogP contribution < -0.4 is 0 Å². The van der Waals surface area contributed by atoms with E-state index in [9.17, 15) is 9.59 Å². The molecule has 5 heteroatoms. The maximum Gasteiger partial charge on any atom is 0.242 e. The van der Waals surface area contributed by atoms with E-state index in [0.717, 1.165) is 16.8 Å². The second-order valence-electron chi connectivity index (χ2n) is 9.00. The molecule has 0 aliphatic heterocycles. The Bertz CT molecular complexity index is 1010. The summed E-state index contributed by atoms with van der Waals surface area (Å²) in [5.74, 6) is 0.280. The highest BCUT2D eigenvalue weighted by Gasteiger charge is 2.23. The van der Waals surface area contributed by atoms with Crippen molar-refractivity contribution in [3.05, 3.63) is 95.8 Å². The van der Waals surface area contributed by atoms with Gasteiger partial charge in [0.05, 0.1) is 13.1 Å². The van der Waals surface area contributed by atoms with Crippen molar-refractivity contribution in [3.63, 3.8) is 0 Å². The Kier molecular flexibility index (Phi) is 8.87. The average Bonchev–Trinajstić information content (AvgIpc) is 3.22. The number of nitrogens with zero attached hydrogens (tertiary/aromatic N) is 3. The van der Waals surface area contributed by atoms with Crippen molar-refractivity contribution in [2.45, 2.75) is 39.8 Å². The fraction of sp³-hybridized carbons (Fsp3) is 0.357. The molecule has 0 radical (unpaired) electrons. The fourth-order valence-corrected chi connectivity index (χ4v) is 3.91. The Morgan fingerprint density at radius 2 is 1.42 bits per heavy atom. The number of benzene rings is 2. The summed E-state index contributed by atoms with van der Waals surface area (Å²) in [6.45, 7) is 5.84. The second-order valence-corrected chi connectivity index (χ2v) is 9.00. The maximum absolute atomic E-state index is 13.5. The summed E-state index contributed by atoms with van der Waals surface area (Å²) in [6.07, 6.45) is 3.07. The van der Waals surface area contributed by atoms with Crippen molar-refractivity contribution in [1.29, 1.82) is 0 Å². The van der Waals surface area contributed by atoms with Gasteiger partial charge in [0.1, 0.15) is 0 Å². The minimum absolute atomic E-state index is 0.0273. The van der Waals surface area contributed by atoms with Gasteiger partial charge in [0.25, 0.3) is 0 Å². The van der Waals surface area contributed by atoms with Crippen molar-refractivity contribution in [3.8, 4) is 0 Å². The van der Waals surface area contributed by atoms with Gasteiger partial charge in [-0.2, -0.15) is 0 Å². The lowest BCUT2D eigenvalue weighted by atomic mass is 10.1. The molecule has 174 valence electrons. The van der Waals surface area contributed by atoms with E-state index in [1.165, 1.54) is 0 Å². The lowest BCUT2D eigenvalue weighted by Crippen LogP contribution is -2.44. The van der Waals surface area contributed by atoms with Gasteiger partial charge in [-0.1, -0.05) is 74.5 Å². The first-order chi connectivity index (χ1) is 15.9. The summed E-state index contributed by atoms with van der Waals surface area (Å²) < 4.78 is 2.03. The molecular weight excluding hydrogens is 410 g/mol. The highest BCUT2D eigenvalue weighted by Crippen LogP contribution is 2.13. The molecular formula is C28H35N3O2. The standard InChI is InChI=1S/C28H35N3O2/c1-23(2)19-30(27(32)17-16-24-11-6-4-7-12-24)22-28(33)31(20-25-13-8-5-9-14-25)21-26-15-10-18-29(26)3/h4-15,18,23H,16-17,19-22H2,1-3H3. The van der Waals surface area contributed by atoms with Crippen LogP contribution in [0, 0.1) is 5.92 Å². The van der Waals surface area contributed by atoms with Crippen LogP contribution in [-0.2, 0) is 36.1 Å². The smallest absolute Gasteiger partial charge is 0.242 e. The predicted molar refractivity (Wildman–Crippen MR) is 132 cm³/mol. The normalized spacial score (nSPS) is 10.9. The second kappa shape index (κ2) is 12.0. The molecule has 0 saturated carbocycles. The van der Waals surface area contributed by atoms with Gasteiger partial charge in [0.2, 0.25) is 11.8 Å². The van der Waals surface area contributed by atoms with E-state index in [2.05, 4.69) is 13.8 Å². The van der Waals surface area contributed by atoms with Gasteiger partial charge in [0, 0.05) is 38.4 Å². The number of hydrogen-bond acceptors (Lipinski definition) is 2. The van der Waals surface area contributed by atoms with E-state index in [-0.39, 0.29) is 24.3 Å². The highest BCUT2D eigenvalue weighted by atomic mass is 16.2. The van der Waals surface area contributed by atoms with Crippen molar-refractivity contribution in [1.82, 2.24) is 14.4 Å². The molecule has 33 heavy (non-hydrogen) atoms. The van der Waals surface area contributed by atoms with E-state index in [0.29, 0.717) is 32.5 Å². The molecule has 0 bridgehead atoms. The van der Waals surface area contributed by atoms with Crippen LogP contribution in [0.1, 0.15) is 37.1 Å². The molecule has 0 unspecified atom stereocenters. The number of hydrogen-bond donors (Lipinski definition) is 0. The summed E-state index contributed by atoms with van der Waals surface area (Å²) >= 11 is 0. The third-order valence-corrected chi connectivity index (χ3v) is 5.71. The van der Waals surface area contributed by atoms with Gasteiger partial charge in [0.15, 0.2) is 0 Å². The first kappa shape index (κ1) is 24.3. The Balaban J connectivity index is 1.72. The average molecular weight is 446 g/mol. The molecule has 3 aromatic rings. The lowest BCUT2D eigenvalue weighted by Gasteiger charge is -2.29. The van der Waals surface area contributed by atoms with E-state index in [4.69, 9.17) is 0 Å². The number of amides is 2. The van der Waals surface area contributed by atoms with Gasteiger partial charge in [-0.25, -0.2) is 0 Å². The van der Waals surface area contributed by atoms with Crippen LogP contribution in [-0.4, -0.2) is 39.3 Å².